The molecule has 0 heterocycles. The number of benzene rings is 3. The number of likely N-dealkylation sites (N-methyl/N-ethyl adjacent to an activating group) is 2. The molecule has 0 aromatic heterocycles. The van der Waals surface area contributed by atoms with Crippen molar-refractivity contribution in [2.45, 2.75) is 60.0 Å². The van der Waals surface area contributed by atoms with E-state index >= 15 is 0 Å². The van der Waals surface area contributed by atoms with Gasteiger partial charge in [0.1, 0.15) is 42.4 Å². The van der Waals surface area contributed by atoms with Gasteiger partial charge in [-0.15, -0.1) is 0 Å². The highest BCUT2D eigenvalue weighted by Gasteiger charge is 2.27. The minimum atomic E-state index is -0.215. The summed E-state index contributed by atoms with van der Waals surface area (Å²) in [6.07, 6.45) is 15.4. The fourth-order valence-corrected chi connectivity index (χ4v) is 7.66. The van der Waals surface area contributed by atoms with Crippen LogP contribution in [0.15, 0.2) is 125 Å². The van der Waals surface area contributed by atoms with Crippen molar-refractivity contribution in [2.24, 2.45) is 10.8 Å². The van der Waals surface area contributed by atoms with Crippen LogP contribution in [0.3, 0.4) is 0 Å². The maximum atomic E-state index is 10.0. The standard InChI is InChI=1S/C51H57N5O4/c1-50(2)30-39(25-42(32-50)44(34-52)35-53)11-9-37-13-17-45(18-14-37)55(6)21-23-59-47-27-41(36-58-8)28-48(29-47)60-24-22-56(7)46-19-15-38(16-20-46)10-12-40-26-43(49(57)54-5)33-51(3,4)31-40/h9-20,25-29,57H,21-24,30-33,36H2,1-4,6-8H3/b11-9+,12-10+,49-43-. The number of ether oxygens (including phenoxy) is 3. The molecule has 0 atom stereocenters. The lowest BCUT2D eigenvalue weighted by atomic mass is 9.74. The number of allylic oxidation sites excluding steroid dienone is 9. The molecule has 0 aliphatic heterocycles. The van der Waals surface area contributed by atoms with Crippen molar-refractivity contribution in [1.29, 1.82) is 10.5 Å². The quantitative estimate of drug-likeness (QED) is 0.0867. The van der Waals surface area contributed by atoms with Crippen molar-refractivity contribution in [3.8, 4) is 23.6 Å². The van der Waals surface area contributed by atoms with E-state index in [-0.39, 0.29) is 22.3 Å². The highest BCUT2D eigenvalue weighted by atomic mass is 16.5. The van der Waals surface area contributed by atoms with E-state index in [2.05, 4.69) is 115 Å². The summed E-state index contributed by atoms with van der Waals surface area (Å²) < 4.78 is 17.9. The molecule has 310 valence electrons. The van der Waals surface area contributed by atoms with Gasteiger partial charge in [0.05, 0.1) is 26.3 Å². The van der Waals surface area contributed by atoms with Gasteiger partial charge in [0.25, 0.3) is 0 Å². The van der Waals surface area contributed by atoms with E-state index in [1.165, 1.54) is 0 Å². The first kappa shape index (κ1) is 44.6. The Morgan fingerprint density at radius 1 is 0.717 bits per heavy atom. The molecular formula is C51H57N5O4. The molecule has 0 bridgehead atoms. The maximum absolute atomic E-state index is 10.0. The fraction of sp³-hybridized carbons (Fsp3) is 0.353. The first-order valence-electron chi connectivity index (χ1n) is 20.3. The van der Waals surface area contributed by atoms with Crippen LogP contribution in [0.1, 0.15) is 70.1 Å². The second-order valence-electron chi connectivity index (χ2n) is 17.2. The lowest BCUT2D eigenvalue weighted by Crippen LogP contribution is -2.24. The Labute approximate surface area is 356 Å². The zero-order valence-corrected chi connectivity index (χ0v) is 36.1. The van der Waals surface area contributed by atoms with E-state index in [9.17, 15) is 15.6 Å². The average Bonchev–Trinajstić information content (AvgIpc) is 3.21. The van der Waals surface area contributed by atoms with Crippen LogP contribution in [0.4, 0.5) is 11.4 Å². The molecule has 0 amide bonds. The SMILES string of the molecule is [C-]#[N+]/C(O)=C1C=C(/C=C/c2ccc(N(C)CCOc3cc(COC)cc(OCCN(C)c4ccc(/C=C/C5=CC(=C(C#N)C#N)CC(C)(C)C5)cc4)c3)cc2)CC(C)(C)C\1. The van der Waals surface area contributed by atoms with E-state index < -0.39 is 0 Å². The summed E-state index contributed by atoms with van der Waals surface area (Å²) in [4.78, 5) is 7.55. The molecule has 2 aliphatic rings. The number of anilines is 2. The van der Waals surface area contributed by atoms with Gasteiger partial charge in [-0.25, -0.2) is 0 Å². The Morgan fingerprint density at radius 3 is 1.60 bits per heavy atom. The zero-order chi connectivity index (χ0) is 43.3. The van der Waals surface area contributed by atoms with E-state index in [0.717, 1.165) is 69.1 Å². The van der Waals surface area contributed by atoms with Gasteiger partial charge in [-0.05, 0) is 112 Å². The van der Waals surface area contributed by atoms with Crippen LogP contribution in [-0.2, 0) is 11.3 Å². The Morgan fingerprint density at radius 2 is 1.17 bits per heavy atom. The molecule has 3 aromatic carbocycles. The minimum absolute atomic E-state index is 0.0203. The molecule has 5 rings (SSSR count). The summed E-state index contributed by atoms with van der Waals surface area (Å²) >= 11 is 0. The number of rotatable bonds is 16. The second kappa shape index (κ2) is 20.5. The molecular weight excluding hydrogens is 747 g/mol. The second-order valence-corrected chi connectivity index (χ2v) is 17.2. The lowest BCUT2D eigenvalue weighted by molar-refractivity contribution is 0.184. The molecule has 0 fully saturated rings. The first-order valence-corrected chi connectivity index (χ1v) is 20.3. The van der Waals surface area contributed by atoms with Gasteiger partial charge in [0.2, 0.25) is 0 Å². The van der Waals surface area contributed by atoms with Gasteiger partial charge in [0, 0.05) is 38.6 Å². The summed E-state index contributed by atoms with van der Waals surface area (Å²) in [5.74, 6) is 1.24. The average molecular weight is 804 g/mol. The maximum Gasteiger partial charge on any atom is 0.341 e. The summed E-state index contributed by atoms with van der Waals surface area (Å²) in [5, 5.41) is 28.8. The third-order valence-corrected chi connectivity index (χ3v) is 10.6. The molecule has 0 saturated carbocycles. The third-order valence-electron chi connectivity index (χ3n) is 10.6. The smallest absolute Gasteiger partial charge is 0.341 e. The predicted octanol–water partition coefficient (Wildman–Crippen LogP) is 11.4. The van der Waals surface area contributed by atoms with Crippen molar-refractivity contribution < 1.29 is 19.3 Å². The first-order chi connectivity index (χ1) is 28.7. The molecule has 1 N–H and O–H groups in total. The van der Waals surface area contributed by atoms with Gasteiger partial charge in [-0.3, -0.25) is 0 Å². The predicted molar refractivity (Wildman–Crippen MR) is 242 cm³/mol. The zero-order valence-electron chi connectivity index (χ0n) is 36.1. The number of aliphatic hydroxyl groups is 1. The summed E-state index contributed by atoms with van der Waals surface area (Å²) in [7, 11) is 5.77. The molecule has 0 saturated heterocycles. The Kier molecular flexibility index (Phi) is 15.2. The number of nitrogens with zero attached hydrogens (tertiary/aromatic N) is 5. The summed E-state index contributed by atoms with van der Waals surface area (Å²) in [5.41, 5.74) is 9.13. The molecule has 0 spiro atoms. The van der Waals surface area contributed by atoms with Gasteiger partial charge < -0.3 is 29.1 Å². The van der Waals surface area contributed by atoms with Crippen LogP contribution in [0.5, 0.6) is 11.5 Å². The molecule has 9 nitrogen and oxygen atoms in total. The van der Waals surface area contributed by atoms with E-state index in [1.807, 2.05) is 56.6 Å². The minimum Gasteiger partial charge on any atom is -0.532 e. The third kappa shape index (κ3) is 13.0. The fourth-order valence-electron chi connectivity index (χ4n) is 7.66. The van der Waals surface area contributed by atoms with Crippen LogP contribution in [0, 0.1) is 40.1 Å². The molecule has 0 radical (unpaired) electrons. The van der Waals surface area contributed by atoms with E-state index in [4.69, 9.17) is 20.8 Å². The lowest BCUT2D eigenvalue weighted by Gasteiger charge is -2.30. The van der Waals surface area contributed by atoms with Crippen LogP contribution in [0.25, 0.3) is 17.0 Å². The number of nitriles is 2. The number of methoxy groups -OCH3 is 1. The van der Waals surface area contributed by atoms with Crippen LogP contribution in [-0.4, -0.2) is 52.6 Å². The molecule has 9 heteroatoms. The van der Waals surface area contributed by atoms with Crippen molar-refractivity contribution in [3.05, 3.63) is 153 Å². The summed E-state index contributed by atoms with van der Waals surface area (Å²) in [6, 6.07) is 26.7. The topological polar surface area (TPSA) is 106 Å². The van der Waals surface area contributed by atoms with Gasteiger partial charge >= 0.3 is 5.88 Å². The highest BCUT2D eigenvalue weighted by Crippen LogP contribution is 2.41. The normalized spacial score (nSPS) is 16.6. The highest BCUT2D eigenvalue weighted by molar-refractivity contribution is 5.60. The van der Waals surface area contributed by atoms with Crippen LogP contribution in [0.2, 0.25) is 0 Å². The monoisotopic (exact) mass is 803 g/mol. The number of hydrogen-bond donors (Lipinski definition) is 1. The van der Waals surface area contributed by atoms with Gasteiger partial charge in [0.15, 0.2) is 0 Å². The Bertz CT molecular complexity index is 2290. The molecule has 60 heavy (non-hydrogen) atoms. The Hall–Kier alpha value is -6.47. The van der Waals surface area contributed by atoms with Gasteiger partial charge in [-0.1, -0.05) is 88.4 Å². The summed E-state index contributed by atoms with van der Waals surface area (Å²) in [6.45, 7) is 18.6. The molecule has 2 aliphatic carbocycles. The molecule has 3 aromatic rings. The van der Waals surface area contributed by atoms with E-state index in [1.54, 1.807) is 7.11 Å². The van der Waals surface area contributed by atoms with E-state index in [0.29, 0.717) is 51.3 Å². The number of hydrogen-bond acceptors (Lipinski definition) is 8. The van der Waals surface area contributed by atoms with Crippen molar-refractivity contribution in [3.63, 3.8) is 0 Å². The Balaban J connectivity index is 1.11. The van der Waals surface area contributed by atoms with Crippen molar-refractivity contribution >= 4 is 23.5 Å². The van der Waals surface area contributed by atoms with Crippen molar-refractivity contribution in [1.82, 2.24) is 0 Å². The van der Waals surface area contributed by atoms with Crippen LogP contribution >= 0.6 is 0 Å². The largest absolute Gasteiger partial charge is 0.532 e. The van der Waals surface area contributed by atoms with Gasteiger partial charge in [-0.2, -0.15) is 15.4 Å². The van der Waals surface area contributed by atoms with Crippen LogP contribution < -0.4 is 19.3 Å². The van der Waals surface area contributed by atoms with Crippen molar-refractivity contribution in [2.75, 3.05) is 57.3 Å². The number of aliphatic hydroxyl groups excluding tert-OH is 1. The molecule has 0 unspecified atom stereocenters.